The minimum absolute atomic E-state index is 0.275. The molecule has 0 unspecified atom stereocenters. The molecule has 3 heteroatoms. The number of benzene rings is 1. The normalized spacial score (nSPS) is 24.7. The average Bonchev–Trinajstić information content (AvgIpc) is 2.17. The third-order valence-corrected chi connectivity index (χ3v) is 2.41. The van der Waals surface area contributed by atoms with Crippen LogP contribution in [0.3, 0.4) is 0 Å². The van der Waals surface area contributed by atoms with Gasteiger partial charge in [-0.05, 0) is 25.6 Å². The maximum Gasteiger partial charge on any atom is 0.162 e. The molecule has 0 aromatic heterocycles. The van der Waals surface area contributed by atoms with Crippen LogP contribution in [0.5, 0.6) is 11.5 Å². The standard InChI is InChI=1S/C11H15NO2/c1-11(6-7-12)8-13-9-4-2-3-5-10(9)14-11/h2-5H,6-8,12H2,1H3/t11-/m0/s1. The molecular formula is C11H15NO2. The summed E-state index contributed by atoms with van der Waals surface area (Å²) in [6.45, 7) is 3.21. The van der Waals surface area contributed by atoms with E-state index in [1.807, 2.05) is 31.2 Å². The van der Waals surface area contributed by atoms with Crippen molar-refractivity contribution in [1.82, 2.24) is 0 Å². The Labute approximate surface area is 83.8 Å². The highest BCUT2D eigenvalue weighted by Gasteiger charge is 2.31. The number of fused-ring (bicyclic) bond motifs is 1. The van der Waals surface area contributed by atoms with Crippen molar-refractivity contribution in [1.29, 1.82) is 0 Å². The fourth-order valence-corrected chi connectivity index (χ4v) is 1.61. The summed E-state index contributed by atoms with van der Waals surface area (Å²) < 4.78 is 11.5. The molecule has 0 saturated heterocycles. The number of ether oxygens (including phenoxy) is 2. The van der Waals surface area contributed by atoms with Crippen LogP contribution in [0, 0.1) is 0 Å². The number of hydrogen-bond donors (Lipinski definition) is 1. The Morgan fingerprint density at radius 1 is 1.36 bits per heavy atom. The van der Waals surface area contributed by atoms with Gasteiger partial charge in [-0.3, -0.25) is 0 Å². The minimum atomic E-state index is -0.275. The topological polar surface area (TPSA) is 44.5 Å². The van der Waals surface area contributed by atoms with Crippen LogP contribution in [0.25, 0.3) is 0 Å². The molecule has 0 radical (unpaired) electrons. The summed E-state index contributed by atoms with van der Waals surface area (Å²) in [6.07, 6.45) is 0.807. The molecule has 1 aliphatic rings. The lowest BCUT2D eigenvalue weighted by Gasteiger charge is -2.35. The quantitative estimate of drug-likeness (QED) is 0.775. The van der Waals surface area contributed by atoms with Gasteiger partial charge in [0, 0.05) is 6.42 Å². The van der Waals surface area contributed by atoms with Crippen LogP contribution in [0.15, 0.2) is 24.3 Å². The first-order valence-corrected chi connectivity index (χ1v) is 4.84. The molecule has 0 spiro atoms. The molecular weight excluding hydrogens is 178 g/mol. The molecule has 0 saturated carbocycles. The fourth-order valence-electron chi connectivity index (χ4n) is 1.61. The Morgan fingerprint density at radius 3 is 2.79 bits per heavy atom. The van der Waals surface area contributed by atoms with Crippen molar-refractivity contribution in [3.05, 3.63) is 24.3 Å². The van der Waals surface area contributed by atoms with Crippen molar-refractivity contribution >= 4 is 0 Å². The Hall–Kier alpha value is -1.22. The molecule has 0 aliphatic carbocycles. The summed E-state index contributed by atoms with van der Waals surface area (Å²) in [4.78, 5) is 0. The van der Waals surface area contributed by atoms with Gasteiger partial charge in [0.05, 0.1) is 0 Å². The lowest BCUT2D eigenvalue weighted by atomic mass is 10.0. The molecule has 1 heterocycles. The van der Waals surface area contributed by atoms with Gasteiger partial charge in [-0.15, -0.1) is 0 Å². The van der Waals surface area contributed by atoms with E-state index in [-0.39, 0.29) is 5.60 Å². The largest absolute Gasteiger partial charge is 0.486 e. The van der Waals surface area contributed by atoms with Crippen LogP contribution < -0.4 is 15.2 Å². The van der Waals surface area contributed by atoms with Gasteiger partial charge in [-0.2, -0.15) is 0 Å². The van der Waals surface area contributed by atoms with Crippen molar-refractivity contribution in [3.8, 4) is 11.5 Å². The summed E-state index contributed by atoms with van der Waals surface area (Å²) in [7, 11) is 0. The molecule has 1 aromatic carbocycles. The fraction of sp³-hybridized carbons (Fsp3) is 0.455. The second-order valence-electron chi connectivity index (χ2n) is 3.83. The molecule has 14 heavy (non-hydrogen) atoms. The van der Waals surface area contributed by atoms with Crippen molar-refractivity contribution in [3.63, 3.8) is 0 Å². The zero-order valence-corrected chi connectivity index (χ0v) is 8.32. The van der Waals surface area contributed by atoms with E-state index in [0.717, 1.165) is 17.9 Å². The smallest absolute Gasteiger partial charge is 0.162 e. The van der Waals surface area contributed by atoms with E-state index < -0.39 is 0 Å². The van der Waals surface area contributed by atoms with Gasteiger partial charge in [0.25, 0.3) is 0 Å². The molecule has 0 bridgehead atoms. The molecule has 0 fully saturated rings. The maximum absolute atomic E-state index is 5.85. The zero-order valence-electron chi connectivity index (χ0n) is 8.32. The number of para-hydroxylation sites is 2. The van der Waals surface area contributed by atoms with Gasteiger partial charge in [0.15, 0.2) is 11.5 Å². The summed E-state index contributed by atoms with van der Waals surface area (Å²) in [5.74, 6) is 1.64. The summed E-state index contributed by atoms with van der Waals surface area (Å²) in [6, 6.07) is 7.71. The van der Waals surface area contributed by atoms with Gasteiger partial charge in [-0.25, -0.2) is 0 Å². The Kier molecular flexibility index (Phi) is 2.33. The summed E-state index contributed by atoms with van der Waals surface area (Å²) in [5, 5.41) is 0. The predicted molar refractivity (Wildman–Crippen MR) is 54.6 cm³/mol. The van der Waals surface area contributed by atoms with Crippen LogP contribution in [0.1, 0.15) is 13.3 Å². The number of nitrogens with two attached hydrogens (primary N) is 1. The highest BCUT2D eigenvalue weighted by molar-refractivity contribution is 5.41. The van der Waals surface area contributed by atoms with E-state index in [9.17, 15) is 0 Å². The SMILES string of the molecule is C[C@]1(CCN)COc2ccccc2O1. The van der Waals surface area contributed by atoms with E-state index in [2.05, 4.69) is 0 Å². The highest BCUT2D eigenvalue weighted by Crippen LogP contribution is 2.35. The highest BCUT2D eigenvalue weighted by atomic mass is 16.6. The second-order valence-corrected chi connectivity index (χ2v) is 3.83. The third-order valence-electron chi connectivity index (χ3n) is 2.41. The first-order valence-electron chi connectivity index (χ1n) is 4.84. The van der Waals surface area contributed by atoms with Crippen molar-refractivity contribution < 1.29 is 9.47 Å². The van der Waals surface area contributed by atoms with Crippen LogP contribution in [0.4, 0.5) is 0 Å². The van der Waals surface area contributed by atoms with Gasteiger partial charge < -0.3 is 15.2 Å². The van der Waals surface area contributed by atoms with Gasteiger partial charge in [-0.1, -0.05) is 12.1 Å². The minimum Gasteiger partial charge on any atom is -0.486 e. The van der Waals surface area contributed by atoms with Crippen molar-refractivity contribution in [2.24, 2.45) is 5.73 Å². The molecule has 1 aromatic rings. The first-order chi connectivity index (χ1) is 6.73. The van der Waals surface area contributed by atoms with Crippen molar-refractivity contribution in [2.45, 2.75) is 18.9 Å². The Balaban J connectivity index is 2.20. The number of rotatable bonds is 2. The molecule has 76 valence electrons. The van der Waals surface area contributed by atoms with Crippen molar-refractivity contribution in [2.75, 3.05) is 13.2 Å². The van der Waals surface area contributed by atoms with E-state index >= 15 is 0 Å². The van der Waals surface area contributed by atoms with Crippen LogP contribution in [0.2, 0.25) is 0 Å². The van der Waals surface area contributed by atoms with E-state index in [1.165, 1.54) is 0 Å². The lowest BCUT2D eigenvalue weighted by molar-refractivity contribution is 0.00167. The molecule has 0 amide bonds. The van der Waals surface area contributed by atoms with Crippen LogP contribution >= 0.6 is 0 Å². The molecule has 2 N–H and O–H groups in total. The van der Waals surface area contributed by atoms with E-state index in [1.54, 1.807) is 0 Å². The van der Waals surface area contributed by atoms with Gasteiger partial charge in [0.2, 0.25) is 0 Å². The van der Waals surface area contributed by atoms with Crippen LogP contribution in [-0.4, -0.2) is 18.8 Å². The molecule has 3 nitrogen and oxygen atoms in total. The number of hydrogen-bond acceptors (Lipinski definition) is 3. The zero-order chi connectivity index (χ0) is 10.0. The predicted octanol–water partition coefficient (Wildman–Crippen LogP) is 1.57. The Morgan fingerprint density at radius 2 is 2.07 bits per heavy atom. The summed E-state index contributed by atoms with van der Waals surface area (Å²) in [5.41, 5.74) is 5.25. The Bertz CT molecular complexity index is 327. The third kappa shape index (κ3) is 1.68. The van der Waals surface area contributed by atoms with E-state index in [0.29, 0.717) is 13.2 Å². The van der Waals surface area contributed by atoms with E-state index in [4.69, 9.17) is 15.2 Å². The first kappa shape index (κ1) is 9.34. The average molecular weight is 193 g/mol. The van der Waals surface area contributed by atoms with Crippen LogP contribution in [-0.2, 0) is 0 Å². The monoisotopic (exact) mass is 193 g/mol. The van der Waals surface area contributed by atoms with Gasteiger partial charge >= 0.3 is 0 Å². The molecule has 2 rings (SSSR count). The molecule has 1 aliphatic heterocycles. The summed E-state index contributed by atoms with van der Waals surface area (Å²) >= 11 is 0. The maximum atomic E-state index is 5.85. The molecule has 1 atom stereocenters. The lowest BCUT2D eigenvalue weighted by Crippen LogP contribution is -2.43. The van der Waals surface area contributed by atoms with Gasteiger partial charge in [0.1, 0.15) is 12.2 Å². The second kappa shape index (κ2) is 3.50.